The molecule has 0 atom stereocenters. The Labute approximate surface area is 128 Å². The number of ether oxygens (including phenoxy) is 1. The van der Waals surface area contributed by atoms with E-state index in [-0.39, 0.29) is 0 Å². The fourth-order valence-corrected chi connectivity index (χ4v) is 2.42. The SMILES string of the molecule is COc1ccc(Cl)cc1NCc1ccc2ncccc2c1. The molecule has 0 radical (unpaired) electrons. The van der Waals surface area contributed by atoms with Gasteiger partial charge in [0.1, 0.15) is 5.75 Å². The van der Waals surface area contributed by atoms with Crippen LogP contribution in [-0.4, -0.2) is 12.1 Å². The molecule has 0 aliphatic heterocycles. The second-order valence-electron chi connectivity index (χ2n) is 4.73. The molecule has 3 aromatic rings. The summed E-state index contributed by atoms with van der Waals surface area (Å²) in [5, 5.41) is 5.17. The molecule has 1 N–H and O–H groups in total. The summed E-state index contributed by atoms with van der Waals surface area (Å²) >= 11 is 6.03. The first kappa shape index (κ1) is 13.7. The number of anilines is 1. The Hall–Kier alpha value is -2.26. The van der Waals surface area contributed by atoms with E-state index in [2.05, 4.69) is 28.5 Å². The van der Waals surface area contributed by atoms with Gasteiger partial charge in [-0.05, 0) is 42.0 Å². The van der Waals surface area contributed by atoms with Gasteiger partial charge in [-0.2, -0.15) is 0 Å². The third kappa shape index (κ3) is 3.09. The lowest BCUT2D eigenvalue weighted by molar-refractivity contribution is 0.416. The first-order valence-corrected chi connectivity index (χ1v) is 7.05. The third-order valence-electron chi connectivity index (χ3n) is 3.31. The number of nitrogens with one attached hydrogen (secondary N) is 1. The van der Waals surface area contributed by atoms with Crippen LogP contribution in [0.15, 0.2) is 54.7 Å². The zero-order valence-electron chi connectivity index (χ0n) is 11.6. The van der Waals surface area contributed by atoms with Crippen LogP contribution in [0.4, 0.5) is 5.69 Å². The van der Waals surface area contributed by atoms with Crippen molar-refractivity contribution in [2.45, 2.75) is 6.54 Å². The summed E-state index contributed by atoms with van der Waals surface area (Å²) in [4.78, 5) is 4.32. The maximum Gasteiger partial charge on any atom is 0.142 e. The number of benzene rings is 2. The normalized spacial score (nSPS) is 10.6. The van der Waals surface area contributed by atoms with E-state index in [4.69, 9.17) is 16.3 Å². The van der Waals surface area contributed by atoms with Crippen LogP contribution in [0, 0.1) is 0 Å². The molecule has 3 nitrogen and oxygen atoms in total. The Morgan fingerprint density at radius 2 is 2.05 bits per heavy atom. The number of halogens is 1. The van der Waals surface area contributed by atoms with Gasteiger partial charge in [0.05, 0.1) is 18.3 Å². The van der Waals surface area contributed by atoms with Gasteiger partial charge in [-0.3, -0.25) is 4.98 Å². The average Bonchev–Trinajstić information content (AvgIpc) is 2.53. The summed E-state index contributed by atoms with van der Waals surface area (Å²) in [7, 11) is 1.65. The van der Waals surface area contributed by atoms with Gasteiger partial charge in [-0.1, -0.05) is 23.7 Å². The van der Waals surface area contributed by atoms with Gasteiger partial charge in [0, 0.05) is 23.2 Å². The molecule has 2 aromatic carbocycles. The number of hydrogen-bond acceptors (Lipinski definition) is 3. The maximum absolute atomic E-state index is 6.03. The zero-order chi connectivity index (χ0) is 14.7. The lowest BCUT2D eigenvalue weighted by Crippen LogP contribution is -2.01. The van der Waals surface area contributed by atoms with Crippen LogP contribution in [0.25, 0.3) is 10.9 Å². The second-order valence-corrected chi connectivity index (χ2v) is 5.17. The highest BCUT2D eigenvalue weighted by Gasteiger charge is 2.04. The zero-order valence-corrected chi connectivity index (χ0v) is 12.4. The van der Waals surface area contributed by atoms with Crippen molar-refractivity contribution < 1.29 is 4.74 Å². The second kappa shape index (κ2) is 6.02. The fraction of sp³-hybridized carbons (Fsp3) is 0.118. The van der Waals surface area contributed by atoms with Gasteiger partial charge in [0.25, 0.3) is 0 Å². The van der Waals surface area contributed by atoms with Crippen LogP contribution >= 0.6 is 11.6 Å². The van der Waals surface area contributed by atoms with Gasteiger partial charge >= 0.3 is 0 Å². The molecule has 0 aliphatic rings. The number of aromatic nitrogens is 1. The minimum Gasteiger partial charge on any atom is -0.495 e. The predicted molar refractivity (Wildman–Crippen MR) is 87.1 cm³/mol. The molecule has 0 amide bonds. The molecule has 0 spiro atoms. The molecular formula is C17H15ClN2O. The highest BCUT2D eigenvalue weighted by atomic mass is 35.5. The van der Waals surface area contributed by atoms with Crippen molar-refractivity contribution in [3.05, 3.63) is 65.3 Å². The highest BCUT2D eigenvalue weighted by molar-refractivity contribution is 6.30. The minimum atomic E-state index is 0.681. The highest BCUT2D eigenvalue weighted by Crippen LogP contribution is 2.28. The lowest BCUT2D eigenvalue weighted by atomic mass is 10.1. The van der Waals surface area contributed by atoms with Gasteiger partial charge in [-0.15, -0.1) is 0 Å². The van der Waals surface area contributed by atoms with E-state index >= 15 is 0 Å². The van der Waals surface area contributed by atoms with Crippen molar-refractivity contribution >= 4 is 28.2 Å². The molecule has 21 heavy (non-hydrogen) atoms. The standard InChI is InChI=1S/C17H15ClN2O/c1-21-17-7-5-14(18)10-16(17)20-11-12-4-6-15-13(9-12)3-2-8-19-15/h2-10,20H,11H2,1H3. The minimum absolute atomic E-state index is 0.681. The summed E-state index contributed by atoms with van der Waals surface area (Å²) in [5.41, 5.74) is 3.07. The number of nitrogens with zero attached hydrogens (tertiary/aromatic N) is 1. The molecular weight excluding hydrogens is 284 g/mol. The smallest absolute Gasteiger partial charge is 0.142 e. The molecule has 0 unspecified atom stereocenters. The van der Waals surface area contributed by atoms with Crippen molar-refractivity contribution in [2.75, 3.05) is 12.4 Å². The number of rotatable bonds is 4. The van der Waals surface area contributed by atoms with E-state index in [1.165, 1.54) is 5.56 Å². The number of pyridine rings is 1. The molecule has 4 heteroatoms. The van der Waals surface area contributed by atoms with Crippen LogP contribution in [0.3, 0.4) is 0 Å². The summed E-state index contributed by atoms with van der Waals surface area (Å²) in [6.07, 6.45) is 1.80. The summed E-state index contributed by atoms with van der Waals surface area (Å²) in [5.74, 6) is 0.779. The number of fused-ring (bicyclic) bond motifs is 1. The molecule has 0 aliphatic carbocycles. The van der Waals surface area contributed by atoms with E-state index in [0.29, 0.717) is 11.6 Å². The monoisotopic (exact) mass is 298 g/mol. The fourth-order valence-electron chi connectivity index (χ4n) is 2.25. The molecule has 1 aromatic heterocycles. The Balaban J connectivity index is 1.81. The third-order valence-corrected chi connectivity index (χ3v) is 3.55. The Kier molecular flexibility index (Phi) is 3.93. The van der Waals surface area contributed by atoms with E-state index in [1.807, 2.05) is 30.3 Å². The quantitative estimate of drug-likeness (QED) is 0.769. The molecule has 0 fully saturated rings. The molecule has 106 valence electrons. The Morgan fingerprint density at radius 3 is 2.90 bits per heavy atom. The van der Waals surface area contributed by atoms with Crippen LogP contribution < -0.4 is 10.1 Å². The molecule has 0 saturated heterocycles. The largest absolute Gasteiger partial charge is 0.495 e. The van der Waals surface area contributed by atoms with Crippen LogP contribution in [0.5, 0.6) is 5.75 Å². The molecule has 1 heterocycles. The van der Waals surface area contributed by atoms with Crippen LogP contribution in [-0.2, 0) is 6.54 Å². The molecule has 0 bridgehead atoms. The number of hydrogen-bond donors (Lipinski definition) is 1. The molecule has 0 saturated carbocycles. The number of methoxy groups -OCH3 is 1. The van der Waals surface area contributed by atoms with Crippen molar-refractivity contribution in [2.24, 2.45) is 0 Å². The van der Waals surface area contributed by atoms with Crippen molar-refractivity contribution in [1.82, 2.24) is 4.98 Å². The van der Waals surface area contributed by atoms with E-state index in [0.717, 1.165) is 22.3 Å². The van der Waals surface area contributed by atoms with E-state index in [1.54, 1.807) is 13.3 Å². The van der Waals surface area contributed by atoms with Gasteiger partial charge in [0.2, 0.25) is 0 Å². The average molecular weight is 299 g/mol. The lowest BCUT2D eigenvalue weighted by Gasteiger charge is -2.12. The van der Waals surface area contributed by atoms with E-state index in [9.17, 15) is 0 Å². The van der Waals surface area contributed by atoms with E-state index < -0.39 is 0 Å². The van der Waals surface area contributed by atoms with Crippen LogP contribution in [0.2, 0.25) is 5.02 Å². The van der Waals surface area contributed by atoms with Crippen molar-refractivity contribution in [1.29, 1.82) is 0 Å². The van der Waals surface area contributed by atoms with Crippen LogP contribution in [0.1, 0.15) is 5.56 Å². The summed E-state index contributed by atoms with van der Waals surface area (Å²) < 4.78 is 5.33. The summed E-state index contributed by atoms with van der Waals surface area (Å²) in [6, 6.07) is 15.8. The first-order chi connectivity index (χ1) is 10.3. The Morgan fingerprint density at radius 1 is 1.14 bits per heavy atom. The van der Waals surface area contributed by atoms with Gasteiger partial charge in [0.15, 0.2) is 0 Å². The van der Waals surface area contributed by atoms with Gasteiger partial charge in [-0.25, -0.2) is 0 Å². The van der Waals surface area contributed by atoms with Crippen molar-refractivity contribution in [3.63, 3.8) is 0 Å². The summed E-state index contributed by atoms with van der Waals surface area (Å²) in [6.45, 7) is 0.696. The molecule has 3 rings (SSSR count). The first-order valence-electron chi connectivity index (χ1n) is 6.67. The Bertz CT molecular complexity index is 774. The predicted octanol–water partition coefficient (Wildman–Crippen LogP) is 4.51. The van der Waals surface area contributed by atoms with Crippen molar-refractivity contribution in [3.8, 4) is 5.75 Å². The van der Waals surface area contributed by atoms with Gasteiger partial charge < -0.3 is 10.1 Å². The maximum atomic E-state index is 6.03. The topological polar surface area (TPSA) is 34.1 Å².